The summed E-state index contributed by atoms with van der Waals surface area (Å²) in [6.07, 6.45) is 15.3. The van der Waals surface area contributed by atoms with E-state index in [0.29, 0.717) is 0 Å². The maximum atomic E-state index is 2.29. The number of unbranched alkanes of at least 4 members (excludes halogenated alkanes) is 1. The summed E-state index contributed by atoms with van der Waals surface area (Å²) in [5.74, 6) is 0. The number of hydrogen-bond donors (Lipinski definition) is 0. The molecular weight excluding hydrogens is 156 g/mol. The number of rotatable bonds is 5. The smallest absolute Gasteiger partial charge is 0.0280 e. The third-order valence-electron chi connectivity index (χ3n) is 2.27. The van der Waals surface area contributed by atoms with Crippen molar-refractivity contribution in [1.82, 2.24) is 0 Å². The standard InChI is InChI=1S/C13H20/c1-3-5-6-7-12(4-2)8-9-13-10-11-13/h6-9H,3-5,10-11H2,1-2H3. The molecule has 72 valence electrons. The molecule has 0 heterocycles. The highest BCUT2D eigenvalue weighted by Crippen LogP contribution is 2.27. The Morgan fingerprint density at radius 1 is 1.31 bits per heavy atom. The minimum atomic E-state index is 1.14. The average molecular weight is 176 g/mol. The Morgan fingerprint density at radius 3 is 2.62 bits per heavy atom. The summed E-state index contributed by atoms with van der Waals surface area (Å²) in [6, 6.07) is 0. The van der Waals surface area contributed by atoms with Gasteiger partial charge in [0.2, 0.25) is 0 Å². The van der Waals surface area contributed by atoms with Gasteiger partial charge in [0.05, 0.1) is 0 Å². The molecule has 0 unspecified atom stereocenters. The zero-order chi connectivity index (χ0) is 9.52. The van der Waals surface area contributed by atoms with E-state index in [1.807, 2.05) is 0 Å². The van der Waals surface area contributed by atoms with Gasteiger partial charge in [-0.1, -0.05) is 50.1 Å². The molecule has 0 aliphatic heterocycles. The van der Waals surface area contributed by atoms with E-state index in [-0.39, 0.29) is 0 Å². The summed E-state index contributed by atoms with van der Waals surface area (Å²) in [7, 11) is 0. The fourth-order valence-corrected chi connectivity index (χ4v) is 1.16. The second-order valence-corrected chi connectivity index (χ2v) is 3.61. The van der Waals surface area contributed by atoms with Crippen molar-refractivity contribution in [2.75, 3.05) is 0 Å². The molecule has 1 saturated carbocycles. The molecule has 0 spiro atoms. The van der Waals surface area contributed by atoms with Crippen LogP contribution in [0.25, 0.3) is 0 Å². The third kappa shape index (κ3) is 4.72. The normalized spacial score (nSPS) is 16.8. The summed E-state index contributed by atoms with van der Waals surface area (Å²) in [5.41, 5.74) is 3.06. The van der Waals surface area contributed by atoms with Crippen molar-refractivity contribution in [1.29, 1.82) is 0 Å². The second kappa shape index (κ2) is 5.80. The first kappa shape index (κ1) is 10.3. The van der Waals surface area contributed by atoms with Crippen LogP contribution in [0.3, 0.4) is 0 Å². The van der Waals surface area contributed by atoms with Crippen LogP contribution < -0.4 is 0 Å². The van der Waals surface area contributed by atoms with Gasteiger partial charge in [0.15, 0.2) is 0 Å². The number of allylic oxidation sites excluding steroid dienone is 6. The van der Waals surface area contributed by atoms with Crippen LogP contribution in [0.4, 0.5) is 0 Å². The molecular formula is C13H20. The van der Waals surface area contributed by atoms with Gasteiger partial charge in [-0.25, -0.2) is 0 Å². The molecule has 0 bridgehead atoms. The predicted molar refractivity (Wildman–Crippen MR) is 59.7 cm³/mol. The SMILES string of the molecule is CCCC=CC(=CC=C1CC1)CC. The van der Waals surface area contributed by atoms with Crippen LogP contribution >= 0.6 is 0 Å². The first-order chi connectivity index (χ1) is 6.36. The molecule has 1 aliphatic carbocycles. The first-order valence-electron chi connectivity index (χ1n) is 5.42. The fourth-order valence-electron chi connectivity index (χ4n) is 1.16. The highest BCUT2D eigenvalue weighted by molar-refractivity contribution is 5.29. The Hall–Kier alpha value is -0.780. The first-order valence-corrected chi connectivity index (χ1v) is 5.42. The molecule has 0 aromatic heterocycles. The quantitative estimate of drug-likeness (QED) is 0.545. The van der Waals surface area contributed by atoms with Crippen LogP contribution in [-0.2, 0) is 0 Å². The van der Waals surface area contributed by atoms with E-state index in [9.17, 15) is 0 Å². The molecule has 0 aromatic rings. The molecule has 1 rings (SSSR count). The zero-order valence-electron chi connectivity index (χ0n) is 8.84. The summed E-state index contributed by atoms with van der Waals surface area (Å²) in [5, 5.41) is 0. The Kier molecular flexibility index (Phi) is 4.59. The summed E-state index contributed by atoms with van der Waals surface area (Å²) >= 11 is 0. The highest BCUT2D eigenvalue weighted by atomic mass is 14.1. The minimum Gasteiger partial charge on any atom is -0.0843 e. The van der Waals surface area contributed by atoms with E-state index in [4.69, 9.17) is 0 Å². The largest absolute Gasteiger partial charge is 0.0843 e. The van der Waals surface area contributed by atoms with Crippen molar-refractivity contribution in [3.63, 3.8) is 0 Å². The summed E-state index contributed by atoms with van der Waals surface area (Å²) in [6.45, 7) is 4.43. The molecule has 0 aromatic carbocycles. The van der Waals surface area contributed by atoms with Crippen molar-refractivity contribution < 1.29 is 0 Å². The predicted octanol–water partition coefficient (Wildman–Crippen LogP) is 4.40. The lowest BCUT2D eigenvalue weighted by molar-refractivity contribution is 0.955. The highest BCUT2D eigenvalue weighted by Gasteiger charge is 2.08. The van der Waals surface area contributed by atoms with Crippen molar-refractivity contribution in [3.05, 3.63) is 35.5 Å². The zero-order valence-corrected chi connectivity index (χ0v) is 8.84. The van der Waals surface area contributed by atoms with Crippen molar-refractivity contribution in [2.45, 2.75) is 46.0 Å². The molecule has 0 heteroatoms. The van der Waals surface area contributed by atoms with E-state index in [0.717, 1.165) is 6.42 Å². The van der Waals surface area contributed by atoms with Crippen molar-refractivity contribution in [3.8, 4) is 0 Å². The molecule has 1 aliphatic rings. The Morgan fingerprint density at radius 2 is 2.08 bits per heavy atom. The Labute approximate surface area is 82.0 Å². The van der Waals surface area contributed by atoms with Gasteiger partial charge in [0, 0.05) is 0 Å². The van der Waals surface area contributed by atoms with Crippen LogP contribution in [0.5, 0.6) is 0 Å². The summed E-state index contributed by atoms with van der Waals surface area (Å²) in [4.78, 5) is 0. The van der Waals surface area contributed by atoms with E-state index in [1.165, 1.54) is 31.3 Å². The van der Waals surface area contributed by atoms with Gasteiger partial charge in [-0.3, -0.25) is 0 Å². The molecule has 0 amide bonds. The van der Waals surface area contributed by atoms with Gasteiger partial charge in [0.1, 0.15) is 0 Å². The average Bonchev–Trinajstić information content (AvgIpc) is 2.94. The number of hydrogen-bond acceptors (Lipinski definition) is 0. The van der Waals surface area contributed by atoms with Gasteiger partial charge in [0.25, 0.3) is 0 Å². The molecule has 0 nitrogen and oxygen atoms in total. The lowest BCUT2D eigenvalue weighted by atomic mass is 10.1. The monoisotopic (exact) mass is 176 g/mol. The van der Waals surface area contributed by atoms with Gasteiger partial charge in [-0.15, -0.1) is 0 Å². The second-order valence-electron chi connectivity index (χ2n) is 3.61. The van der Waals surface area contributed by atoms with Crippen molar-refractivity contribution >= 4 is 0 Å². The van der Waals surface area contributed by atoms with Crippen LogP contribution in [0.2, 0.25) is 0 Å². The molecule has 0 radical (unpaired) electrons. The summed E-state index contributed by atoms with van der Waals surface area (Å²) < 4.78 is 0. The lowest BCUT2D eigenvalue weighted by Crippen LogP contribution is -1.73. The lowest BCUT2D eigenvalue weighted by Gasteiger charge is -1.93. The molecule has 1 fully saturated rings. The minimum absolute atomic E-state index is 1.14. The van der Waals surface area contributed by atoms with Crippen LogP contribution in [0.1, 0.15) is 46.0 Å². The van der Waals surface area contributed by atoms with E-state index < -0.39 is 0 Å². The molecule has 13 heavy (non-hydrogen) atoms. The topological polar surface area (TPSA) is 0 Å². The Balaban J connectivity index is 2.40. The van der Waals surface area contributed by atoms with Gasteiger partial charge >= 0.3 is 0 Å². The molecule has 0 N–H and O–H groups in total. The van der Waals surface area contributed by atoms with Gasteiger partial charge < -0.3 is 0 Å². The van der Waals surface area contributed by atoms with Gasteiger partial charge in [-0.05, 0) is 31.3 Å². The third-order valence-corrected chi connectivity index (χ3v) is 2.27. The van der Waals surface area contributed by atoms with E-state index >= 15 is 0 Å². The van der Waals surface area contributed by atoms with Gasteiger partial charge in [-0.2, -0.15) is 0 Å². The van der Waals surface area contributed by atoms with E-state index in [2.05, 4.69) is 38.2 Å². The fraction of sp³-hybridized carbons (Fsp3) is 0.538. The molecule has 0 atom stereocenters. The van der Waals surface area contributed by atoms with Crippen LogP contribution in [0, 0.1) is 0 Å². The maximum absolute atomic E-state index is 2.29. The van der Waals surface area contributed by atoms with Crippen molar-refractivity contribution in [2.24, 2.45) is 0 Å². The van der Waals surface area contributed by atoms with Crippen LogP contribution in [-0.4, -0.2) is 0 Å². The van der Waals surface area contributed by atoms with Crippen LogP contribution in [0.15, 0.2) is 35.5 Å². The molecule has 0 saturated heterocycles. The maximum Gasteiger partial charge on any atom is -0.0280 e. The van der Waals surface area contributed by atoms with E-state index in [1.54, 1.807) is 5.57 Å². The Bertz CT molecular complexity index is 222.